The van der Waals surface area contributed by atoms with E-state index in [2.05, 4.69) is 26.2 Å². The molecule has 2 aromatic carbocycles. The molecule has 1 heterocycles. The fourth-order valence-electron chi connectivity index (χ4n) is 2.25. The van der Waals surface area contributed by atoms with Crippen molar-refractivity contribution in [2.75, 3.05) is 11.9 Å². The quantitative estimate of drug-likeness (QED) is 0.576. The summed E-state index contributed by atoms with van der Waals surface area (Å²) in [6, 6.07) is 13.8. The maximum Gasteiger partial charge on any atom is 0.226 e. The van der Waals surface area contributed by atoms with Crippen LogP contribution in [0.25, 0.3) is 10.2 Å². The maximum absolute atomic E-state index is 12.0. The average molecular weight is 405 g/mol. The summed E-state index contributed by atoms with van der Waals surface area (Å²) in [5.41, 5.74) is 2.08. The van der Waals surface area contributed by atoms with Gasteiger partial charge in [-0.1, -0.05) is 29.5 Å². The highest BCUT2D eigenvalue weighted by atomic mass is 79.9. The number of anilines is 1. The van der Waals surface area contributed by atoms with Gasteiger partial charge in [0.2, 0.25) is 5.91 Å². The first kappa shape index (κ1) is 16.9. The lowest BCUT2D eigenvalue weighted by molar-refractivity contribution is -0.116. The van der Waals surface area contributed by atoms with Gasteiger partial charge in [-0.3, -0.25) is 4.79 Å². The molecule has 0 unspecified atom stereocenters. The first-order chi connectivity index (χ1) is 11.6. The normalized spacial score (nSPS) is 10.8. The highest BCUT2D eigenvalue weighted by Gasteiger charge is 2.08. The van der Waals surface area contributed by atoms with Crippen molar-refractivity contribution in [3.05, 3.63) is 52.5 Å². The third kappa shape index (κ3) is 4.33. The SMILES string of the molecule is Cc1ccc(OCCCC(=O)Nc2nc3ccccc3s2)c(Br)c1. The van der Waals surface area contributed by atoms with Gasteiger partial charge in [0, 0.05) is 6.42 Å². The number of carbonyl (C=O) groups excluding carboxylic acids is 1. The summed E-state index contributed by atoms with van der Waals surface area (Å²) < 4.78 is 7.70. The number of ether oxygens (including phenoxy) is 1. The van der Waals surface area contributed by atoms with Crippen LogP contribution in [0.15, 0.2) is 46.9 Å². The number of benzene rings is 2. The van der Waals surface area contributed by atoms with Crippen LogP contribution in [0.3, 0.4) is 0 Å². The van der Waals surface area contributed by atoms with E-state index in [1.807, 2.05) is 49.4 Å². The maximum atomic E-state index is 12.0. The smallest absolute Gasteiger partial charge is 0.226 e. The molecule has 3 rings (SSSR count). The zero-order valence-corrected chi connectivity index (χ0v) is 15.6. The van der Waals surface area contributed by atoms with Gasteiger partial charge >= 0.3 is 0 Å². The second kappa shape index (κ2) is 7.77. The van der Waals surface area contributed by atoms with Crippen molar-refractivity contribution in [3.63, 3.8) is 0 Å². The second-order valence-corrected chi connectivity index (χ2v) is 7.31. The van der Waals surface area contributed by atoms with Crippen LogP contribution in [0.5, 0.6) is 5.75 Å². The number of hydrogen-bond donors (Lipinski definition) is 1. The molecule has 0 bridgehead atoms. The number of nitrogens with zero attached hydrogens (tertiary/aromatic N) is 1. The van der Waals surface area contributed by atoms with Gasteiger partial charge in [-0.25, -0.2) is 4.98 Å². The van der Waals surface area contributed by atoms with Crippen molar-refractivity contribution in [1.29, 1.82) is 0 Å². The number of aryl methyl sites for hydroxylation is 1. The van der Waals surface area contributed by atoms with Crippen LogP contribution in [0.4, 0.5) is 5.13 Å². The molecule has 0 saturated heterocycles. The molecular formula is C18H17BrN2O2S. The highest BCUT2D eigenvalue weighted by Crippen LogP contribution is 2.26. The number of nitrogens with one attached hydrogen (secondary N) is 1. The van der Waals surface area contributed by atoms with E-state index in [0.29, 0.717) is 24.6 Å². The number of carbonyl (C=O) groups is 1. The number of para-hydroxylation sites is 1. The summed E-state index contributed by atoms with van der Waals surface area (Å²) in [6.45, 7) is 2.52. The predicted octanol–water partition coefficient (Wildman–Crippen LogP) is 5.16. The van der Waals surface area contributed by atoms with Gasteiger partial charge in [-0.05, 0) is 59.1 Å². The summed E-state index contributed by atoms with van der Waals surface area (Å²) in [7, 11) is 0. The van der Waals surface area contributed by atoms with Crippen LogP contribution in [0.2, 0.25) is 0 Å². The lowest BCUT2D eigenvalue weighted by Gasteiger charge is -2.08. The Kier molecular flexibility index (Phi) is 5.48. The van der Waals surface area contributed by atoms with Crippen LogP contribution >= 0.6 is 27.3 Å². The Labute approximate surface area is 153 Å². The molecule has 4 nitrogen and oxygen atoms in total. The van der Waals surface area contributed by atoms with Crippen LogP contribution < -0.4 is 10.1 Å². The van der Waals surface area contributed by atoms with Crippen molar-refractivity contribution < 1.29 is 9.53 Å². The van der Waals surface area contributed by atoms with Crippen molar-refractivity contribution in [2.24, 2.45) is 0 Å². The number of halogens is 1. The van der Waals surface area contributed by atoms with Crippen molar-refractivity contribution in [3.8, 4) is 5.75 Å². The number of fused-ring (bicyclic) bond motifs is 1. The summed E-state index contributed by atoms with van der Waals surface area (Å²) in [5.74, 6) is 0.757. The van der Waals surface area contributed by atoms with E-state index < -0.39 is 0 Å². The van der Waals surface area contributed by atoms with Gasteiger partial charge in [0.25, 0.3) is 0 Å². The number of thiazole rings is 1. The molecule has 0 fully saturated rings. The van der Waals surface area contributed by atoms with Crippen molar-refractivity contribution >= 4 is 48.5 Å². The van der Waals surface area contributed by atoms with E-state index in [4.69, 9.17) is 4.74 Å². The van der Waals surface area contributed by atoms with Gasteiger partial charge < -0.3 is 10.1 Å². The van der Waals surface area contributed by atoms with Gasteiger partial charge in [0.1, 0.15) is 5.75 Å². The molecule has 0 spiro atoms. The van der Waals surface area contributed by atoms with E-state index >= 15 is 0 Å². The molecule has 0 radical (unpaired) electrons. The van der Waals surface area contributed by atoms with E-state index in [1.54, 1.807) is 0 Å². The summed E-state index contributed by atoms with van der Waals surface area (Å²) in [4.78, 5) is 16.4. The second-order valence-electron chi connectivity index (χ2n) is 5.42. The summed E-state index contributed by atoms with van der Waals surface area (Å²) in [6.07, 6.45) is 1.05. The molecule has 1 aromatic heterocycles. The van der Waals surface area contributed by atoms with E-state index in [0.717, 1.165) is 20.4 Å². The summed E-state index contributed by atoms with van der Waals surface area (Å²) >= 11 is 4.96. The Morgan fingerprint density at radius 1 is 1.29 bits per heavy atom. The molecule has 0 atom stereocenters. The lowest BCUT2D eigenvalue weighted by Crippen LogP contribution is -2.12. The molecule has 0 saturated carbocycles. The zero-order chi connectivity index (χ0) is 16.9. The number of hydrogen-bond acceptors (Lipinski definition) is 4. The monoisotopic (exact) mass is 404 g/mol. The molecule has 6 heteroatoms. The van der Waals surface area contributed by atoms with E-state index in [1.165, 1.54) is 16.9 Å². The Morgan fingerprint density at radius 3 is 2.92 bits per heavy atom. The van der Waals surface area contributed by atoms with Crippen LogP contribution in [-0.4, -0.2) is 17.5 Å². The third-order valence-electron chi connectivity index (χ3n) is 3.43. The number of amides is 1. The van der Waals surface area contributed by atoms with Gasteiger partial charge in [-0.2, -0.15) is 0 Å². The Morgan fingerprint density at radius 2 is 2.12 bits per heavy atom. The largest absolute Gasteiger partial charge is 0.492 e. The van der Waals surface area contributed by atoms with Gasteiger partial charge in [0.05, 0.1) is 21.3 Å². The average Bonchev–Trinajstić information content (AvgIpc) is 2.95. The zero-order valence-electron chi connectivity index (χ0n) is 13.2. The molecule has 3 aromatic rings. The van der Waals surface area contributed by atoms with Crippen molar-refractivity contribution in [2.45, 2.75) is 19.8 Å². The molecule has 0 aliphatic heterocycles. The molecule has 0 aliphatic rings. The Bertz CT molecular complexity index is 830. The fourth-order valence-corrected chi connectivity index (χ4v) is 3.73. The topological polar surface area (TPSA) is 51.2 Å². The molecule has 124 valence electrons. The fraction of sp³-hybridized carbons (Fsp3) is 0.222. The Hall–Kier alpha value is -1.92. The molecular weight excluding hydrogens is 388 g/mol. The number of aromatic nitrogens is 1. The van der Waals surface area contributed by atoms with Gasteiger partial charge in [-0.15, -0.1) is 0 Å². The Balaban J connectivity index is 1.45. The lowest BCUT2D eigenvalue weighted by atomic mass is 10.2. The molecule has 1 N–H and O–H groups in total. The van der Waals surface area contributed by atoms with E-state index in [-0.39, 0.29) is 5.91 Å². The summed E-state index contributed by atoms with van der Waals surface area (Å²) in [5, 5.41) is 3.49. The molecule has 24 heavy (non-hydrogen) atoms. The van der Waals surface area contributed by atoms with Crippen molar-refractivity contribution in [1.82, 2.24) is 4.98 Å². The minimum Gasteiger partial charge on any atom is -0.492 e. The number of rotatable bonds is 6. The van der Waals surface area contributed by atoms with Crippen LogP contribution in [-0.2, 0) is 4.79 Å². The van der Waals surface area contributed by atoms with E-state index in [9.17, 15) is 4.79 Å². The van der Waals surface area contributed by atoms with Crippen LogP contribution in [0.1, 0.15) is 18.4 Å². The first-order valence-corrected chi connectivity index (χ1v) is 9.27. The predicted molar refractivity (Wildman–Crippen MR) is 102 cm³/mol. The standard InChI is InChI=1S/C18H17BrN2O2S/c1-12-8-9-15(13(19)11-12)23-10-4-7-17(22)21-18-20-14-5-2-3-6-16(14)24-18/h2-3,5-6,8-9,11H,4,7,10H2,1H3,(H,20,21,22). The third-order valence-corrected chi connectivity index (χ3v) is 5.00. The highest BCUT2D eigenvalue weighted by molar-refractivity contribution is 9.10. The van der Waals surface area contributed by atoms with Gasteiger partial charge in [0.15, 0.2) is 5.13 Å². The molecule has 0 aliphatic carbocycles. The first-order valence-electron chi connectivity index (χ1n) is 7.66. The van der Waals surface area contributed by atoms with Crippen LogP contribution in [0, 0.1) is 6.92 Å². The minimum atomic E-state index is -0.0411. The molecule has 1 amide bonds. The minimum absolute atomic E-state index is 0.0411.